The van der Waals surface area contributed by atoms with Gasteiger partial charge in [0.05, 0.1) is 36.0 Å². The number of carbonyl (C=O) groups excluding carboxylic acids is 1. The topological polar surface area (TPSA) is 145 Å². The zero-order valence-corrected chi connectivity index (χ0v) is 19.3. The van der Waals surface area contributed by atoms with Gasteiger partial charge in [0.1, 0.15) is 12.0 Å². The highest BCUT2D eigenvalue weighted by Gasteiger charge is 2.37. The molecule has 0 spiro atoms. The Hall–Kier alpha value is -3.61. The number of likely N-dealkylation sites (tertiary alicyclic amines) is 1. The van der Waals surface area contributed by atoms with Crippen molar-refractivity contribution in [3.63, 3.8) is 0 Å². The van der Waals surface area contributed by atoms with Crippen molar-refractivity contribution in [3.05, 3.63) is 48.6 Å². The van der Waals surface area contributed by atoms with Gasteiger partial charge in [-0.05, 0) is 38.7 Å². The van der Waals surface area contributed by atoms with E-state index >= 15 is 0 Å². The van der Waals surface area contributed by atoms with Gasteiger partial charge in [-0.1, -0.05) is 0 Å². The van der Waals surface area contributed by atoms with Crippen molar-refractivity contribution in [1.82, 2.24) is 34.4 Å². The van der Waals surface area contributed by atoms with Crippen molar-refractivity contribution in [2.45, 2.75) is 43.9 Å². The molecule has 1 amide bonds. The number of aromatic nitrogens is 6. The molecule has 1 atom stereocenters. The number of nitrogens with one attached hydrogen (secondary N) is 1. The maximum atomic E-state index is 13.3. The summed E-state index contributed by atoms with van der Waals surface area (Å²) in [6, 6.07) is 1.41. The molecule has 178 valence electrons. The molecule has 3 aromatic rings. The molecule has 13 heteroatoms. The van der Waals surface area contributed by atoms with Crippen molar-refractivity contribution in [3.8, 4) is 11.7 Å². The highest BCUT2D eigenvalue weighted by atomic mass is 32.2. The number of sulfonamides is 1. The molecule has 2 fully saturated rings. The zero-order valence-electron chi connectivity index (χ0n) is 18.5. The quantitative estimate of drug-likeness (QED) is 0.505. The van der Waals surface area contributed by atoms with Crippen LogP contribution in [0.1, 0.15) is 54.8 Å². The highest BCUT2D eigenvalue weighted by Crippen LogP contribution is 2.33. The first kappa shape index (κ1) is 22.2. The maximum absolute atomic E-state index is 13.3. The second-order valence-electron chi connectivity index (χ2n) is 8.12. The predicted octanol–water partition coefficient (Wildman–Crippen LogP) is 1.73. The number of hydrogen-bond donors (Lipinski definition) is 1. The molecule has 3 aromatic heterocycles. The molecule has 12 nitrogen and oxygen atoms in total. The average molecular weight is 485 g/mol. The van der Waals surface area contributed by atoms with E-state index in [0.29, 0.717) is 49.8 Å². The number of nitrogens with zero attached hydrogens (tertiary/aromatic N) is 7. The van der Waals surface area contributed by atoms with Crippen molar-refractivity contribution in [1.29, 1.82) is 0 Å². The Morgan fingerprint density at radius 2 is 2.06 bits per heavy atom. The fourth-order valence-corrected chi connectivity index (χ4v) is 5.18. The number of carbonyl (C=O) groups is 1. The van der Waals surface area contributed by atoms with Gasteiger partial charge in [-0.2, -0.15) is 4.98 Å². The number of amides is 1. The molecule has 1 aliphatic carbocycles. The Morgan fingerprint density at radius 1 is 1.21 bits per heavy atom. The normalized spacial score (nSPS) is 18.1. The SMILES string of the molecule is CCOc1cncc(-n2cnc(C(=O)N3CCC[C@H]3c3ccnc(NS(=O)(=O)C4CC4)n3)c2)n1. The molecule has 34 heavy (non-hydrogen) atoms. The first-order valence-electron chi connectivity index (χ1n) is 11.1. The summed E-state index contributed by atoms with van der Waals surface area (Å²) in [5.41, 5.74) is 0.850. The van der Waals surface area contributed by atoms with E-state index in [4.69, 9.17) is 4.74 Å². The van der Waals surface area contributed by atoms with E-state index in [2.05, 4.69) is 29.6 Å². The van der Waals surface area contributed by atoms with Gasteiger partial charge >= 0.3 is 0 Å². The number of anilines is 1. The molecule has 1 saturated heterocycles. The van der Waals surface area contributed by atoms with Crippen LogP contribution in [0.4, 0.5) is 5.95 Å². The van der Waals surface area contributed by atoms with Gasteiger partial charge in [0.15, 0.2) is 5.82 Å². The summed E-state index contributed by atoms with van der Waals surface area (Å²) in [7, 11) is -3.47. The van der Waals surface area contributed by atoms with Gasteiger partial charge < -0.3 is 9.64 Å². The largest absolute Gasteiger partial charge is 0.477 e. The molecule has 2 aliphatic rings. The van der Waals surface area contributed by atoms with Crippen LogP contribution < -0.4 is 9.46 Å². The summed E-state index contributed by atoms with van der Waals surface area (Å²) in [6.45, 7) is 2.87. The number of hydrogen-bond acceptors (Lipinski definition) is 9. The smallest absolute Gasteiger partial charge is 0.274 e. The van der Waals surface area contributed by atoms with Crippen molar-refractivity contribution in [2.75, 3.05) is 17.9 Å². The Labute approximate surface area is 196 Å². The Kier molecular flexibility index (Phi) is 5.86. The van der Waals surface area contributed by atoms with Gasteiger partial charge in [0.25, 0.3) is 5.91 Å². The minimum atomic E-state index is -3.47. The third-order valence-corrected chi connectivity index (χ3v) is 7.50. The summed E-state index contributed by atoms with van der Waals surface area (Å²) < 4.78 is 34.0. The number of imidazole rings is 1. The van der Waals surface area contributed by atoms with E-state index in [1.807, 2.05) is 6.92 Å². The third kappa shape index (κ3) is 4.55. The molecular formula is C21H24N8O4S. The van der Waals surface area contributed by atoms with Crippen LogP contribution in [-0.2, 0) is 10.0 Å². The lowest BCUT2D eigenvalue weighted by molar-refractivity contribution is 0.0727. The summed E-state index contributed by atoms with van der Waals surface area (Å²) in [6.07, 6.45) is 10.5. The van der Waals surface area contributed by atoms with Crippen LogP contribution in [0.3, 0.4) is 0 Å². The van der Waals surface area contributed by atoms with E-state index in [1.54, 1.807) is 27.9 Å². The first-order valence-corrected chi connectivity index (χ1v) is 12.6. The average Bonchev–Trinajstić information content (AvgIpc) is 3.39. The standard InChI is InChI=1S/C21H24N8O4S/c1-2-33-19-11-22-10-18(26-19)28-12-16(24-13-28)20(30)29-9-3-4-17(29)15-7-8-23-21(25-15)27-34(31,32)14-5-6-14/h7-8,10-14,17H,2-6,9H2,1H3,(H,23,25,27)/t17-/m0/s1. The van der Waals surface area contributed by atoms with Crippen LogP contribution in [0.5, 0.6) is 5.88 Å². The van der Waals surface area contributed by atoms with Crippen LogP contribution >= 0.6 is 0 Å². The van der Waals surface area contributed by atoms with E-state index < -0.39 is 10.0 Å². The Morgan fingerprint density at radius 3 is 2.85 bits per heavy atom. The zero-order chi connectivity index (χ0) is 23.7. The number of ether oxygens (including phenoxy) is 1. The van der Waals surface area contributed by atoms with Crippen LogP contribution in [0.2, 0.25) is 0 Å². The van der Waals surface area contributed by atoms with Crippen LogP contribution in [0.15, 0.2) is 37.2 Å². The second-order valence-corrected chi connectivity index (χ2v) is 10.1. The summed E-state index contributed by atoms with van der Waals surface area (Å²) >= 11 is 0. The molecule has 1 N–H and O–H groups in total. The lowest BCUT2D eigenvalue weighted by Gasteiger charge is -2.23. The van der Waals surface area contributed by atoms with Gasteiger partial charge in [0, 0.05) is 18.9 Å². The molecule has 0 radical (unpaired) electrons. The Bertz CT molecular complexity index is 1310. The molecule has 1 saturated carbocycles. The van der Waals surface area contributed by atoms with E-state index in [1.165, 1.54) is 18.7 Å². The first-order chi connectivity index (χ1) is 16.4. The van der Waals surface area contributed by atoms with Crippen LogP contribution in [0, 0.1) is 0 Å². The molecule has 0 bridgehead atoms. The van der Waals surface area contributed by atoms with E-state index in [9.17, 15) is 13.2 Å². The van der Waals surface area contributed by atoms with Crippen molar-refractivity contribution < 1.29 is 17.9 Å². The summed E-state index contributed by atoms with van der Waals surface area (Å²) in [5.74, 6) is 0.659. The summed E-state index contributed by atoms with van der Waals surface area (Å²) in [5, 5.41) is -0.377. The van der Waals surface area contributed by atoms with Crippen LogP contribution in [0.25, 0.3) is 5.82 Å². The van der Waals surface area contributed by atoms with E-state index in [0.717, 1.165) is 6.42 Å². The molecule has 5 rings (SSSR count). The van der Waals surface area contributed by atoms with Crippen molar-refractivity contribution >= 4 is 21.9 Å². The lowest BCUT2D eigenvalue weighted by Crippen LogP contribution is -2.31. The van der Waals surface area contributed by atoms with E-state index in [-0.39, 0.29) is 28.8 Å². The van der Waals surface area contributed by atoms with Gasteiger partial charge in [-0.3, -0.25) is 19.1 Å². The monoisotopic (exact) mass is 484 g/mol. The third-order valence-electron chi connectivity index (χ3n) is 5.69. The highest BCUT2D eigenvalue weighted by molar-refractivity contribution is 7.93. The van der Waals surface area contributed by atoms with Gasteiger partial charge in [-0.15, -0.1) is 0 Å². The Balaban J connectivity index is 1.34. The fourth-order valence-electron chi connectivity index (χ4n) is 3.90. The van der Waals surface area contributed by atoms with Crippen molar-refractivity contribution in [2.24, 2.45) is 0 Å². The fraction of sp³-hybridized carbons (Fsp3) is 0.429. The second kappa shape index (κ2) is 8.97. The number of rotatable bonds is 8. The van der Waals surface area contributed by atoms with Gasteiger partial charge in [-0.25, -0.2) is 23.4 Å². The van der Waals surface area contributed by atoms with Gasteiger partial charge in [0.2, 0.25) is 21.9 Å². The molecule has 0 aromatic carbocycles. The molecule has 4 heterocycles. The minimum Gasteiger partial charge on any atom is -0.477 e. The molecule has 1 aliphatic heterocycles. The summed E-state index contributed by atoms with van der Waals surface area (Å²) in [4.78, 5) is 36.2. The molecule has 0 unspecified atom stereocenters. The predicted molar refractivity (Wildman–Crippen MR) is 121 cm³/mol. The van der Waals surface area contributed by atoms with Crippen LogP contribution in [-0.4, -0.2) is 67.1 Å². The maximum Gasteiger partial charge on any atom is 0.274 e. The lowest BCUT2D eigenvalue weighted by atomic mass is 10.1. The molecular weight excluding hydrogens is 460 g/mol. The minimum absolute atomic E-state index is 0.0285.